The predicted molar refractivity (Wildman–Crippen MR) is 76.9 cm³/mol. The van der Waals surface area contributed by atoms with E-state index in [4.69, 9.17) is 4.74 Å². The smallest absolute Gasteiger partial charge is 0.244 e. The molecule has 1 aliphatic rings. The molecule has 5 nitrogen and oxygen atoms in total. The minimum Gasteiger partial charge on any atom is -0.497 e. The topological polar surface area (TPSA) is 58.6 Å². The lowest BCUT2D eigenvalue weighted by atomic mass is 10.3. The molecule has 1 aromatic rings. The van der Waals surface area contributed by atoms with Gasteiger partial charge in [-0.1, -0.05) is 0 Å². The summed E-state index contributed by atoms with van der Waals surface area (Å²) in [5.74, 6) is 0.624. The second-order valence-corrected chi connectivity index (χ2v) is 7.18. The molecule has 0 amide bonds. The van der Waals surface area contributed by atoms with Gasteiger partial charge < -0.3 is 10.1 Å². The summed E-state index contributed by atoms with van der Waals surface area (Å²) >= 11 is 3.31. The van der Waals surface area contributed by atoms with Crippen molar-refractivity contribution in [2.24, 2.45) is 0 Å². The van der Waals surface area contributed by atoms with Gasteiger partial charge in [0.05, 0.1) is 12.0 Å². The molecule has 1 fully saturated rings. The van der Waals surface area contributed by atoms with E-state index in [2.05, 4.69) is 21.2 Å². The SMILES string of the molecule is COc1ccc(S(=O)(=O)N2CCNCC2C)c(Br)c1. The first-order chi connectivity index (χ1) is 8.96. The fourth-order valence-corrected chi connectivity index (χ4v) is 4.77. The summed E-state index contributed by atoms with van der Waals surface area (Å²) in [6, 6.07) is 4.85. The first-order valence-corrected chi connectivity index (χ1v) is 8.26. The Kier molecular flexibility index (Phi) is 4.50. The van der Waals surface area contributed by atoms with Gasteiger partial charge in [-0.05, 0) is 41.1 Å². The zero-order valence-electron chi connectivity index (χ0n) is 10.9. The average molecular weight is 349 g/mol. The Bertz CT molecular complexity index is 562. The number of hydrogen-bond acceptors (Lipinski definition) is 4. The van der Waals surface area contributed by atoms with Gasteiger partial charge in [0, 0.05) is 30.1 Å². The third kappa shape index (κ3) is 2.94. The van der Waals surface area contributed by atoms with Crippen LogP contribution in [0, 0.1) is 0 Å². The van der Waals surface area contributed by atoms with E-state index in [0.29, 0.717) is 29.9 Å². The van der Waals surface area contributed by atoms with Gasteiger partial charge in [-0.2, -0.15) is 4.31 Å². The summed E-state index contributed by atoms with van der Waals surface area (Å²) in [6.45, 7) is 3.74. The first-order valence-electron chi connectivity index (χ1n) is 6.03. The molecule has 106 valence electrons. The lowest BCUT2D eigenvalue weighted by Crippen LogP contribution is -2.52. The monoisotopic (exact) mass is 348 g/mol. The summed E-state index contributed by atoms with van der Waals surface area (Å²) in [7, 11) is -1.93. The number of sulfonamides is 1. The summed E-state index contributed by atoms with van der Waals surface area (Å²) in [5.41, 5.74) is 0. The van der Waals surface area contributed by atoms with Crippen LogP contribution in [0.25, 0.3) is 0 Å². The summed E-state index contributed by atoms with van der Waals surface area (Å²) in [5, 5.41) is 3.18. The molecule has 0 saturated carbocycles. The number of halogens is 1. The van der Waals surface area contributed by atoms with Gasteiger partial charge in [0.25, 0.3) is 0 Å². The second kappa shape index (κ2) is 5.78. The van der Waals surface area contributed by atoms with Crippen LogP contribution in [0.15, 0.2) is 27.6 Å². The van der Waals surface area contributed by atoms with E-state index in [-0.39, 0.29) is 10.9 Å². The van der Waals surface area contributed by atoms with Gasteiger partial charge in [-0.15, -0.1) is 0 Å². The average Bonchev–Trinajstić information content (AvgIpc) is 2.38. The Labute approximate surface area is 122 Å². The molecule has 2 rings (SSSR count). The van der Waals surface area contributed by atoms with Crippen molar-refractivity contribution in [3.05, 3.63) is 22.7 Å². The highest BCUT2D eigenvalue weighted by atomic mass is 79.9. The molecular weight excluding hydrogens is 332 g/mol. The van der Waals surface area contributed by atoms with E-state index >= 15 is 0 Å². The number of piperazine rings is 1. The molecule has 0 aromatic heterocycles. The molecule has 19 heavy (non-hydrogen) atoms. The fourth-order valence-electron chi connectivity index (χ4n) is 2.12. The number of rotatable bonds is 3. The molecule has 1 saturated heterocycles. The van der Waals surface area contributed by atoms with Crippen LogP contribution in [-0.4, -0.2) is 45.5 Å². The Balaban J connectivity index is 2.38. The molecule has 7 heteroatoms. The van der Waals surface area contributed by atoms with Gasteiger partial charge in [0.1, 0.15) is 5.75 Å². The third-order valence-electron chi connectivity index (χ3n) is 3.17. The van der Waals surface area contributed by atoms with Gasteiger partial charge in [0.2, 0.25) is 10.0 Å². The van der Waals surface area contributed by atoms with Crippen LogP contribution < -0.4 is 10.1 Å². The van der Waals surface area contributed by atoms with Crippen LogP contribution in [0.4, 0.5) is 0 Å². The number of nitrogens with one attached hydrogen (secondary N) is 1. The Morgan fingerprint density at radius 2 is 2.21 bits per heavy atom. The molecule has 1 aliphatic heterocycles. The molecule has 0 bridgehead atoms. The minimum atomic E-state index is -3.48. The van der Waals surface area contributed by atoms with Crippen molar-refractivity contribution in [1.82, 2.24) is 9.62 Å². The summed E-state index contributed by atoms with van der Waals surface area (Å²) in [4.78, 5) is 0.280. The lowest BCUT2D eigenvalue weighted by molar-refractivity contribution is 0.283. The van der Waals surface area contributed by atoms with Crippen LogP contribution in [0.1, 0.15) is 6.92 Å². The van der Waals surface area contributed by atoms with Crippen LogP contribution in [-0.2, 0) is 10.0 Å². The maximum atomic E-state index is 12.6. The number of nitrogens with zero attached hydrogens (tertiary/aromatic N) is 1. The normalized spacial score (nSPS) is 21.3. The Hall–Kier alpha value is -0.630. The van der Waals surface area contributed by atoms with Crippen LogP contribution in [0.3, 0.4) is 0 Å². The van der Waals surface area contributed by atoms with Crippen molar-refractivity contribution >= 4 is 26.0 Å². The van der Waals surface area contributed by atoms with Crippen LogP contribution >= 0.6 is 15.9 Å². The van der Waals surface area contributed by atoms with Crippen molar-refractivity contribution in [3.8, 4) is 5.75 Å². The van der Waals surface area contributed by atoms with Crippen LogP contribution in [0.5, 0.6) is 5.75 Å². The molecule has 0 aliphatic carbocycles. The third-order valence-corrected chi connectivity index (χ3v) is 6.16. The summed E-state index contributed by atoms with van der Waals surface area (Å²) < 4.78 is 32.4. The molecule has 1 unspecified atom stereocenters. The number of ether oxygens (including phenoxy) is 1. The van der Waals surface area contributed by atoms with Crippen molar-refractivity contribution in [3.63, 3.8) is 0 Å². The van der Waals surface area contributed by atoms with Gasteiger partial charge in [0.15, 0.2) is 0 Å². The zero-order chi connectivity index (χ0) is 14.0. The molecule has 1 atom stereocenters. The zero-order valence-corrected chi connectivity index (χ0v) is 13.3. The number of benzene rings is 1. The van der Waals surface area contributed by atoms with E-state index in [1.165, 1.54) is 4.31 Å². The van der Waals surface area contributed by atoms with Crippen LogP contribution in [0.2, 0.25) is 0 Å². The molecule has 1 heterocycles. The minimum absolute atomic E-state index is 0.0484. The molecule has 0 spiro atoms. The van der Waals surface area contributed by atoms with Gasteiger partial charge in [-0.3, -0.25) is 0 Å². The molecule has 0 radical (unpaired) electrons. The quantitative estimate of drug-likeness (QED) is 0.897. The van der Waals surface area contributed by atoms with E-state index in [9.17, 15) is 8.42 Å². The maximum absolute atomic E-state index is 12.6. The highest BCUT2D eigenvalue weighted by Gasteiger charge is 2.32. The van der Waals surface area contributed by atoms with E-state index in [1.807, 2.05) is 6.92 Å². The van der Waals surface area contributed by atoms with Gasteiger partial charge in [-0.25, -0.2) is 8.42 Å². The van der Waals surface area contributed by atoms with Gasteiger partial charge >= 0.3 is 0 Å². The van der Waals surface area contributed by atoms with Crippen molar-refractivity contribution in [2.75, 3.05) is 26.7 Å². The van der Waals surface area contributed by atoms with Crippen molar-refractivity contribution in [1.29, 1.82) is 0 Å². The summed E-state index contributed by atoms with van der Waals surface area (Å²) in [6.07, 6.45) is 0. The highest BCUT2D eigenvalue weighted by molar-refractivity contribution is 9.10. The predicted octanol–water partition coefficient (Wildman–Crippen LogP) is 1.44. The first kappa shape index (κ1) is 14.8. The Morgan fingerprint density at radius 3 is 2.79 bits per heavy atom. The largest absolute Gasteiger partial charge is 0.497 e. The Morgan fingerprint density at radius 1 is 1.47 bits per heavy atom. The highest BCUT2D eigenvalue weighted by Crippen LogP contribution is 2.29. The number of methoxy groups -OCH3 is 1. The maximum Gasteiger partial charge on any atom is 0.244 e. The fraction of sp³-hybridized carbons (Fsp3) is 0.500. The molecular formula is C12H17BrN2O3S. The second-order valence-electron chi connectivity index (χ2n) is 4.47. The van der Waals surface area contributed by atoms with E-state index in [0.717, 1.165) is 0 Å². The van der Waals surface area contributed by atoms with E-state index < -0.39 is 10.0 Å². The molecule has 1 aromatic carbocycles. The molecule has 1 N–H and O–H groups in total. The van der Waals surface area contributed by atoms with Crippen molar-refractivity contribution in [2.45, 2.75) is 17.9 Å². The standard InChI is InChI=1S/C12H17BrN2O3S/c1-9-8-14-5-6-15(9)19(16,17)12-4-3-10(18-2)7-11(12)13/h3-4,7,9,14H,5-6,8H2,1-2H3. The lowest BCUT2D eigenvalue weighted by Gasteiger charge is -2.33. The number of hydrogen-bond donors (Lipinski definition) is 1. The van der Waals surface area contributed by atoms with Crippen molar-refractivity contribution < 1.29 is 13.2 Å². The van der Waals surface area contributed by atoms with E-state index in [1.54, 1.807) is 25.3 Å².